The van der Waals surface area contributed by atoms with Gasteiger partial charge in [-0.3, -0.25) is 0 Å². The van der Waals surface area contributed by atoms with Gasteiger partial charge in [0.25, 0.3) is 0 Å². The van der Waals surface area contributed by atoms with Crippen molar-refractivity contribution >= 4 is 0 Å². The number of aliphatic hydroxyl groups is 1. The molecule has 0 unspecified atom stereocenters. The highest BCUT2D eigenvalue weighted by molar-refractivity contribution is 5.28. The van der Waals surface area contributed by atoms with E-state index in [2.05, 4.69) is 37.8 Å². The number of allylic oxidation sites excluding steroid dienone is 1. The van der Waals surface area contributed by atoms with E-state index in [0.29, 0.717) is 5.92 Å². The van der Waals surface area contributed by atoms with Gasteiger partial charge in [-0.05, 0) is 37.7 Å². The molecule has 1 aliphatic carbocycles. The average molecular weight is 230 g/mol. The Morgan fingerprint density at radius 2 is 2.06 bits per heavy atom. The van der Waals surface area contributed by atoms with Crippen LogP contribution < -0.4 is 0 Å². The van der Waals surface area contributed by atoms with Gasteiger partial charge in [-0.25, -0.2) is 0 Å². The third-order valence-electron chi connectivity index (χ3n) is 4.04. The molecular formula is C16H22O. The molecule has 92 valence electrons. The van der Waals surface area contributed by atoms with Gasteiger partial charge in [-0.1, -0.05) is 48.7 Å². The van der Waals surface area contributed by atoms with Gasteiger partial charge in [-0.15, -0.1) is 6.58 Å². The molecule has 1 nitrogen and oxygen atoms in total. The summed E-state index contributed by atoms with van der Waals surface area (Å²) in [5, 5.41) is 11.0. The standard InChI is InChI=1S/C16H22O/c1-3-6-14-7-4-5-12-16(14,17)15-10-8-13(2)9-11-15/h3,8-11,14,17H,1,4-7,12H2,2H3/t14-,16-/m0/s1. The maximum Gasteiger partial charge on any atom is 0.0927 e. The van der Waals surface area contributed by atoms with Crippen molar-refractivity contribution in [2.45, 2.75) is 44.6 Å². The van der Waals surface area contributed by atoms with Crippen molar-refractivity contribution in [3.8, 4) is 0 Å². The zero-order chi connectivity index (χ0) is 12.3. The number of hydrogen-bond donors (Lipinski definition) is 1. The Labute approximate surface area is 104 Å². The van der Waals surface area contributed by atoms with Crippen LogP contribution >= 0.6 is 0 Å². The molecule has 1 saturated carbocycles. The molecular weight excluding hydrogens is 208 g/mol. The minimum absolute atomic E-state index is 0.330. The Bertz CT molecular complexity index is 379. The number of aryl methyl sites for hydroxylation is 1. The van der Waals surface area contributed by atoms with Crippen molar-refractivity contribution in [3.05, 3.63) is 48.0 Å². The second kappa shape index (κ2) is 5.05. The highest BCUT2D eigenvalue weighted by atomic mass is 16.3. The predicted octanol–water partition coefficient (Wildman–Crippen LogP) is 3.95. The van der Waals surface area contributed by atoms with Crippen molar-refractivity contribution in [3.63, 3.8) is 0 Å². The molecule has 1 fully saturated rings. The Kier molecular flexibility index (Phi) is 3.68. The Morgan fingerprint density at radius 3 is 2.71 bits per heavy atom. The first-order valence-electron chi connectivity index (χ1n) is 6.57. The fraction of sp³-hybridized carbons (Fsp3) is 0.500. The van der Waals surface area contributed by atoms with E-state index in [0.717, 1.165) is 31.2 Å². The van der Waals surface area contributed by atoms with Crippen LogP contribution in [0.25, 0.3) is 0 Å². The van der Waals surface area contributed by atoms with Gasteiger partial charge in [0.1, 0.15) is 0 Å². The minimum Gasteiger partial charge on any atom is -0.385 e. The lowest BCUT2D eigenvalue weighted by Crippen LogP contribution is -2.37. The molecule has 1 N–H and O–H groups in total. The third kappa shape index (κ3) is 2.44. The van der Waals surface area contributed by atoms with Crippen molar-refractivity contribution in [1.29, 1.82) is 0 Å². The molecule has 2 rings (SSSR count). The fourth-order valence-corrected chi connectivity index (χ4v) is 2.96. The number of hydrogen-bond acceptors (Lipinski definition) is 1. The lowest BCUT2D eigenvalue weighted by molar-refractivity contribution is -0.0532. The van der Waals surface area contributed by atoms with Crippen LogP contribution in [0, 0.1) is 12.8 Å². The van der Waals surface area contributed by atoms with Gasteiger partial charge >= 0.3 is 0 Å². The smallest absolute Gasteiger partial charge is 0.0927 e. The molecule has 0 amide bonds. The van der Waals surface area contributed by atoms with Crippen molar-refractivity contribution in [2.24, 2.45) is 5.92 Å². The van der Waals surface area contributed by atoms with Gasteiger partial charge in [0.2, 0.25) is 0 Å². The fourth-order valence-electron chi connectivity index (χ4n) is 2.96. The first-order valence-corrected chi connectivity index (χ1v) is 6.57. The molecule has 1 aromatic carbocycles. The minimum atomic E-state index is -0.639. The molecule has 0 bridgehead atoms. The summed E-state index contributed by atoms with van der Waals surface area (Å²) in [6, 6.07) is 8.34. The predicted molar refractivity (Wildman–Crippen MR) is 71.8 cm³/mol. The van der Waals surface area contributed by atoms with Crippen molar-refractivity contribution in [2.75, 3.05) is 0 Å². The normalized spacial score (nSPS) is 28.9. The SMILES string of the molecule is C=CC[C@H]1CCCC[C@@]1(O)c1ccc(C)cc1. The number of benzene rings is 1. The van der Waals surface area contributed by atoms with Crippen LogP contribution in [0.2, 0.25) is 0 Å². The van der Waals surface area contributed by atoms with Gasteiger partial charge in [-0.2, -0.15) is 0 Å². The molecule has 1 heteroatoms. The Balaban J connectivity index is 2.30. The highest BCUT2D eigenvalue weighted by Gasteiger charge is 2.39. The molecule has 1 aromatic rings. The van der Waals surface area contributed by atoms with Crippen LogP contribution in [-0.2, 0) is 5.60 Å². The second-order valence-electron chi connectivity index (χ2n) is 5.26. The van der Waals surface area contributed by atoms with Crippen LogP contribution in [0.15, 0.2) is 36.9 Å². The maximum absolute atomic E-state index is 11.0. The summed E-state index contributed by atoms with van der Waals surface area (Å²) >= 11 is 0. The zero-order valence-electron chi connectivity index (χ0n) is 10.7. The van der Waals surface area contributed by atoms with E-state index in [1.54, 1.807) is 0 Å². The average Bonchev–Trinajstić information content (AvgIpc) is 2.33. The first kappa shape index (κ1) is 12.4. The lowest BCUT2D eigenvalue weighted by Gasteiger charge is -2.40. The maximum atomic E-state index is 11.0. The van der Waals surface area contributed by atoms with E-state index in [-0.39, 0.29) is 0 Å². The second-order valence-corrected chi connectivity index (χ2v) is 5.26. The zero-order valence-corrected chi connectivity index (χ0v) is 10.7. The van der Waals surface area contributed by atoms with Gasteiger partial charge in [0, 0.05) is 0 Å². The van der Waals surface area contributed by atoms with Gasteiger partial charge < -0.3 is 5.11 Å². The molecule has 0 spiro atoms. The van der Waals surface area contributed by atoms with E-state index in [9.17, 15) is 5.11 Å². The molecule has 17 heavy (non-hydrogen) atoms. The summed E-state index contributed by atoms with van der Waals surface area (Å²) in [7, 11) is 0. The topological polar surface area (TPSA) is 20.2 Å². The van der Waals surface area contributed by atoms with Crippen LogP contribution in [0.3, 0.4) is 0 Å². The van der Waals surface area contributed by atoms with Crippen LogP contribution in [-0.4, -0.2) is 5.11 Å². The van der Waals surface area contributed by atoms with Crippen molar-refractivity contribution in [1.82, 2.24) is 0 Å². The Hall–Kier alpha value is -1.08. The summed E-state index contributed by atoms with van der Waals surface area (Å²) in [5.41, 5.74) is 1.68. The Morgan fingerprint density at radius 1 is 1.35 bits per heavy atom. The van der Waals surface area contributed by atoms with E-state index in [1.165, 1.54) is 12.0 Å². The number of rotatable bonds is 3. The molecule has 2 atom stereocenters. The third-order valence-corrected chi connectivity index (χ3v) is 4.04. The molecule has 0 aromatic heterocycles. The molecule has 1 aliphatic rings. The summed E-state index contributed by atoms with van der Waals surface area (Å²) in [5.74, 6) is 0.330. The summed E-state index contributed by atoms with van der Waals surface area (Å²) < 4.78 is 0. The monoisotopic (exact) mass is 230 g/mol. The van der Waals surface area contributed by atoms with Crippen LogP contribution in [0.5, 0.6) is 0 Å². The van der Waals surface area contributed by atoms with E-state index < -0.39 is 5.60 Å². The van der Waals surface area contributed by atoms with E-state index >= 15 is 0 Å². The summed E-state index contributed by atoms with van der Waals surface area (Å²) in [6.07, 6.45) is 7.19. The molecule has 0 radical (unpaired) electrons. The van der Waals surface area contributed by atoms with E-state index in [1.807, 2.05) is 6.08 Å². The molecule has 0 aliphatic heterocycles. The molecule has 0 saturated heterocycles. The first-order chi connectivity index (χ1) is 8.16. The van der Waals surface area contributed by atoms with Gasteiger partial charge in [0.15, 0.2) is 0 Å². The molecule has 0 heterocycles. The lowest BCUT2D eigenvalue weighted by atomic mass is 9.70. The quantitative estimate of drug-likeness (QED) is 0.780. The van der Waals surface area contributed by atoms with E-state index in [4.69, 9.17) is 0 Å². The van der Waals surface area contributed by atoms with Gasteiger partial charge in [0.05, 0.1) is 5.60 Å². The summed E-state index contributed by atoms with van der Waals surface area (Å²) in [4.78, 5) is 0. The van der Waals surface area contributed by atoms with Crippen molar-refractivity contribution < 1.29 is 5.11 Å². The van der Waals surface area contributed by atoms with Crippen LogP contribution in [0.4, 0.5) is 0 Å². The largest absolute Gasteiger partial charge is 0.385 e. The van der Waals surface area contributed by atoms with Crippen LogP contribution in [0.1, 0.15) is 43.2 Å². The highest BCUT2D eigenvalue weighted by Crippen LogP contribution is 2.43. The summed E-state index contributed by atoms with van der Waals surface area (Å²) in [6.45, 7) is 5.90.